The topological polar surface area (TPSA) is 29.9 Å². The van der Waals surface area contributed by atoms with Gasteiger partial charge in [0.1, 0.15) is 11.6 Å². The fourth-order valence-corrected chi connectivity index (χ4v) is 2.78. The van der Waals surface area contributed by atoms with Gasteiger partial charge in [0.15, 0.2) is 0 Å². The second-order valence-corrected chi connectivity index (χ2v) is 5.10. The Bertz CT molecular complexity index is 512. The summed E-state index contributed by atoms with van der Waals surface area (Å²) >= 11 is 1.62. The Balaban J connectivity index is 2.02. The van der Waals surface area contributed by atoms with Crippen LogP contribution >= 0.6 is 11.8 Å². The van der Waals surface area contributed by atoms with Gasteiger partial charge in [0.05, 0.1) is 6.04 Å². The summed E-state index contributed by atoms with van der Waals surface area (Å²) in [5.74, 6) is 1.60. The molecule has 2 aromatic rings. The predicted molar refractivity (Wildman–Crippen MR) is 72.1 cm³/mol. The predicted octanol–water partition coefficient (Wildman–Crippen LogP) is 2.61. The van der Waals surface area contributed by atoms with Gasteiger partial charge in [0, 0.05) is 30.1 Å². The summed E-state index contributed by atoms with van der Waals surface area (Å²) in [6.45, 7) is 0. The van der Waals surface area contributed by atoms with E-state index in [-0.39, 0.29) is 11.9 Å². The van der Waals surface area contributed by atoms with Crippen molar-refractivity contribution in [2.45, 2.75) is 10.9 Å². The van der Waals surface area contributed by atoms with Crippen molar-refractivity contribution < 1.29 is 4.39 Å². The summed E-state index contributed by atoms with van der Waals surface area (Å²) in [6.07, 6.45) is 3.71. The van der Waals surface area contributed by atoms with Crippen LogP contribution in [0.4, 0.5) is 4.39 Å². The largest absolute Gasteiger partial charge is 0.337 e. The number of imidazole rings is 1. The molecule has 0 bridgehead atoms. The number of benzene rings is 1. The van der Waals surface area contributed by atoms with E-state index in [1.54, 1.807) is 30.1 Å². The summed E-state index contributed by atoms with van der Waals surface area (Å²) in [4.78, 5) is 5.26. The average Bonchev–Trinajstić information content (AvgIpc) is 2.77. The zero-order valence-electron chi connectivity index (χ0n) is 10.4. The Kier molecular flexibility index (Phi) is 4.38. The maximum Gasteiger partial charge on any atom is 0.126 e. The molecule has 0 aliphatic carbocycles. The van der Waals surface area contributed by atoms with Gasteiger partial charge in [-0.25, -0.2) is 9.37 Å². The molecule has 1 aromatic carbocycles. The fraction of sp³-hybridized carbons (Fsp3) is 0.308. The number of aromatic nitrogens is 2. The van der Waals surface area contributed by atoms with Crippen LogP contribution in [0.25, 0.3) is 0 Å². The lowest BCUT2D eigenvalue weighted by molar-refractivity contribution is 0.592. The minimum Gasteiger partial charge on any atom is -0.337 e. The van der Waals surface area contributed by atoms with Crippen molar-refractivity contribution in [1.82, 2.24) is 14.9 Å². The molecule has 96 valence electrons. The van der Waals surface area contributed by atoms with Crippen LogP contribution in [0.15, 0.2) is 41.6 Å². The van der Waals surface area contributed by atoms with E-state index >= 15 is 0 Å². The molecule has 0 amide bonds. The first-order valence-corrected chi connectivity index (χ1v) is 6.72. The van der Waals surface area contributed by atoms with E-state index in [0.29, 0.717) is 0 Å². The number of hydrogen-bond donors (Lipinski definition) is 1. The molecule has 1 N–H and O–H groups in total. The van der Waals surface area contributed by atoms with E-state index in [9.17, 15) is 4.39 Å². The molecule has 0 spiro atoms. The van der Waals surface area contributed by atoms with E-state index in [2.05, 4.69) is 10.3 Å². The third-order valence-corrected chi connectivity index (χ3v) is 3.82. The monoisotopic (exact) mass is 265 g/mol. The normalized spacial score (nSPS) is 12.6. The highest BCUT2D eigenvalue weighted by Gasteiger charge is 2.14. The summed E-state index contributed by atoms with van der Waals surface area (Å²) in [7, 11) is 3.88. The molecule has 0 saturated carbocycles. The minimum absolute atomic E-state index is 0.151. The number of hydrogen-bond acceptors (Lipinski definition) is 3. The molecule has 0 saturated heterocycles. The lowest BCUT2D eigenvalue weighted by atomic mass is 10.3. The minimum atomic E-state index is -0.196. The number of halogens is 1. The lowest BCUT2D eigenvalue weighted by Crippen LogP contribution is -2.22. The van der Waals surface area contributed by atoms with Gasteiger partial charge in [-0.3, -0.25) is 0 Å². The Morgan fingerprint density at radius 3 is 2.94 bits per heavy atom. The number of nitrogens with one attached hydrogen (secondary N) is 1. The molecule has 1 atom stereocenters. The highest BCUT2D eigenvalue weighted by atomic mass is 32.2. The summed E-state index contributed by atoms with van der Waals surface area (Å²) in [5, 5.41) is 3.23. The van der Waals surface area contributed by atoms with Gasteiger partial charge in [-0.15, -0.1) is 11.8 Å². The Morgan fingerprint density at radius 2 is 2.33 bits per heavy atom. The first-order chi connectivity index (χ1) is 8.70. The molecular weight excluding hydrogens is 249 g/mol. The molecule has 18 heavy (non-hydrogen) atoms. The second kappa shape index (κ2) is 6.02. The molecule has 1 unspecified atom stereocenters. The van der Waals surface area contributed by atoms with Crippen molar-refractivity contribution >= 4 is 11.8 Å². The first kappa shape index (κ1) is 13.1. The third kappa shape index (κ3) is 3.11. The van der Waals surface area contributed by atoms with Crippen LogP contribution in [0, 0.1) is 5.82 Å². The standard InChI is InChI=1S/C13H16FN3S/c1-15-12(13-16-6-7-17(13)2)9-18-11-5-3-4-10(14)8-11/h3-8,12,15H,9H2,1-2H3. The van der Waals surface area contributed by atoms with Gasteiger partial charge in [-0.05, 0) is 25.2 Å². The SMILES string of the molecule is CNC(CSc1cccc(F)c1)c1nccn1C. The molecule has 0 fully saturated rings. The van der Waals surface area contributed by atoms with Gasteiger partial charge in [0.25, 0.3) is 0 Å². The Labute approximate surface area is 110 Å². The van der Waals surface area contributed by atoms with Crippen molar-refractivity contribution in [3.05, 3.63) is 48.3 Å². The van der Waals surface area contributed by atoms with Crippen molar-refractivity contribution in [2.24, 2.45) is 7.05 Å². The van der Waals surface area contributed by atoms with Crippen LogP contribution in [0.1, 0.15) is 11.9 Å². The van der Waals surface area contributed by atoms with Crippen molar-refractivity contribution in [1.29, 1.82) is 0 Å². The Hall–Kier alpha value is -1.33. The van der Waals surface area contributed by atoms with Crippen LogP contribution in [0.2, 0.25) is 0 Å². The average molecular weight is 265 g/mol. The number of rotatable bonds is 5. The zero-order chi connectivity index (χ0) is 13.0. The first-order valence-electron chi connectivity index (χ1n) is 5.73. The molecular formula is C13H16FN3S. The van der Waals surface area contributed by atoms with Crippen molar-refractivity contribution in [3.8, 4) is 0 Å². The van der Waals surface area contributed by atoms with Gasteiger partial charge in [0.2, 0.25) is 0 Å². The fourth-order valence-electron chi connectivity index (χ4n) is 1.74. The summed E-state index contributed by atoms with van der Waals surface area (Å²) in [5.41, 5.74) is 0. The molecule has 3 nitrogen and oxygen atoms in total. The van der Waals surface area contributed by atoms with Crippen LogP contribution in [0.5, 0.6) is 0 Å². The van der Waals surface area contributed by atoms with Crippen LogP contribution in [-0.4, -0.2) is 22.4 Å². The zero-order valence-corrected chi connectivity index (χ0v) is 11.2. The van der Waals surface area contributed by atoms with Crippen molar-refractivity contribution in [2.75, 3.05) is 12.8 Å². The number of aryl methyl sites for hydroxylation is 1. The van der Waals surface area contributed by atoms with E-state index < -0.39 is 0 Å². The molecule has 0 aliphatic heterocycles. The number of thioether (sulfide) groups is 1. The van der Waals surface area contributed by atoms with E-state index in [4.69, 9.17) is 0 Å². The van der Waals surface area contributed by atoms with Crippen LogP contribution < -0.4 is 5.32 Å². The maximum atomic E-state index is 13.1. The van der Waals surface area contributed by atoms with Crippen molar-refractivity contribution in [3.63, 3.8) is 0 Å². The van der Waals surface area contributed by atoms with Crippen LogP contribution in [0.3, 0.4) is 0 Å². The molecule has 1 aromatic heterocycles. The van der Waals surface area contributed by atoms with E-state index in [1.807, 2.05) is 30.9 Å². The molecule has 0 radical (unpaired) electrons. The summed E-state index contributed by atoms with van der Waals surface area (Å²) in [6, 6.07) is 6.80. The lowest BCUT2D eigenvalue weighted by Gasteiger charge is -2.15. The second-order valence-electron chi connectivity index (χ2n) is 4.01. The highest BCUT2D eigenvalue weighted by Crippen LogP contribution is 2.24. The van der Waals surface area contributed by atoms with Gasteiger partial charge in [-0.1, -0.05) is 6.07 Å². The maximum absolute atomic E-state index is 13.1. The molecule has 1 heterocycles. The Morgan fingerprint density at radius 1 is 1.50 bits per heavy atom. The quantitative estimate of drug-likeness (QED) is 0.843. The van der Waals surface area contributed by atoms with Gasteiger partial charge >= 0.3 is 0 Å². The van der Waals surface area contributed by atoms with Crippen LogP contribution in [-0.2, 0) is 7.05 Å². The number of nitrogens with zero attached hydrogens (tertiary/aromatic N) is 2. The molecule has 5 heteroatoms. The molecule has 0 aliphatic rings. The van der Waals surface area contributed by atoms with Gasteiger partial charge in [-0.2, -0.15) is 0 Å². The summed E-state index contributed by atoms with van der Waals surface area (Å²) < 4.78 is 15.1. The van der Waals surface area contributed by atoms with E-state index in [1.165, 1.54) is 6.07 Å². The van der Waals surface area contributed by atoms with E-state index in [0.717, 1.165) is 16.5 Å². The highest BCUT2D eigenvalue weighted by molar-refractivity contribution is 7.99. The molecule has 2 rings (SSSR count). The third-order valence-electron chi connectivity index (χ3n) is 2.73. The van der Waals surface area contributed by atoms with Gasteiger partial charge < -0.3 is 9.88 Å². The smallest absolute Gasteiger partial charge is 0.126 e.